The Morgan fingerprint density at radius 3 is 2.81 bits per heavy atom. The van der Waals surface area contributed by atoms with Crippen LogP contribution in [-0.2, 0) is 6.54 Å². The largest absolute Gasteiger partial charge is 0.322 e. The van der Waals surface area contributed by atoms with Crippen molar-refractivity contribution in [3.05, 3.63) is 82.9 Å². The van der Waals surface area contributed by atoms with Gasteiger partial charge in [0.05, 0.1) is 23.3 Å². The number of halogens is 2. The first-order valence-corrected chi connectivity index (χ1v) is 9.24. The van der Waals surface area contributed by atoms with E-state index in [1.54, 1.807) is 0 Å². The molecular formula is C21H19ClFN3O. The number of urea groups is 1. The number of aromatic nitrogens is 1. The zero-order valence-electron chi connectivity index (χ0n) is 14.8. The molecule has 138 valence electrons. The number of para-hydroxylation sites is 1. The molecule has 1 aliphatic rings. The van der Waals surface area contributed by atoms with E-state index in [9.17, 15) is 9.18 Å². The monoisotopic (exact) mass is 383 g/mol. The van der Waals surface area contributed by atoms with Crippen LogP contribution in [0.5, 0.6) is 0 Å². The van der Waals surface area contributed by atoms with Crippen LogP contribution in [0.2, 0.25) is 5.02 Å². The molecule has 4 rings (SSSR count). The molecular weight excluding hydrogens is 365 g/mol. The summed E-state index contributed by atoms with van der Waals surface area (Å²) in [5, 5.41) is 2.83. The Morgan fingerprint density at radius 2 is 2.04 bits per heavy atom. The number of amides is 2. The fraction of sp³-hybridized carbons (Fsp3) is 0.190. The fourth-order valence-corrected chi connectivity index (χ4v) is 3.81. The maximum absolute atomic E-state index is 13.4. The number of nitrogens with one attached hydrogen (secondary N) is 1. The third kappa shape index (κ3) is 3.19. The van der Waals surface area contributed by atoms with Gasteiger partial charge in [-0.15, -0.1) is 0 Å². The number of carbonyl (C=O) groups excluding carboxylic acids is 1. The van der Waals surface area contributed by atoms with Crippen LogP contribution in [0.4, 0.5) is 14.9 Å². The van der Waals surface area contributed by atoms with Gasteiger partial charge in [-0.1, -0.05) is 36.7 Å². The molecule has 1 aromatic heterocycles. The van der Waals surface area contributed by atoms with E-state index in [1.807, 2.05) is 41.4 Å². The molecule has 4 nitrogen and oxygen atoms in total. The van der Waals surface area contributed by atoms with E-state index in [2.05, 4.69) is 22.9 Å². The number of rotatable bonds is 2. The second-order valence-corrected chi connectivity index (χ2v) is 6.95. The van der Waals surface area contributed by atoms with Gasteiger partial charge in [-0.2, -0.15) is 0 Å². The van der Waals surface area contributed by atoms with Gasteiger partial charge >= 0.3 is 6.03 Å². The lowest BCUT2D eigenvalue weighted by Gasteiger charge is -2.29. The molecule has 0 fully saturated rings. The van der Waals surface area contributed by atoms with Gasteiger partial charge in [-0.05, 0) is 48.4 Å². The van der Waals surface area contributed by atoms with E-state index >= 15 is 0 Å². The summed E-state index contributed by atoms with van der Waals surface area (Å²) >= 11 is 5.84. The normalized spacial score (nSPS) is 15.7. The third-order valence-electron chi connectivity index (χ3n) is 4.91. The van der Waals surface area contributed by atoms with E-state index in [-0.39, 0.29) is 17.1 Å². The highest BCUT2D eigenvalue weighted by molar-refractivity contribution is 6.31. The van der Waals surface area contributed by atoms with Crippen molar-refractivity contribution in [3.63, 3.8) is 0 Å². The second kappa shape index (κ2) is 7.08. The molecule has 2 heterocycles. The number of fused-ring (bicyclic) bond motifs is 3. The van der Waals surface area contributed by atoms with Gasteiger partial charge in [0.2, 0.25) is 0 Å². The molecule has 2 amide bonds. The molecule has 3 aromatic rings. The van der Waals surface area contributed by atoms with E-state index in [1.165, 1.54) is 18.2 Å². The lowest BCUT2D eigenvalue weighted by atomic mass is 10.1. The Kier molecular flexibility index (Phi) is 4.62. The summed E-state index contributed by atoms with van der Waals surface area (Å²) in [5.41, 5.74) is 3.68. The van der Waals surface area contributed by atoms with E-state index < -0.39 is 5.82 Å². The molecule has 0 aliphatic carbocycles. The average Bonchev–Trinajstić information content (AvgIpc) is 3.09. The zero-order valence-corrected chi connectivity index (χ0v) is 15.6. The van der Waals surface area contributed by atoms with Crippen molar-refractivity contribution in [2.24, 2.45) is 0 Å². The van der Waals surface area contributed by atoms with Crippen LogP contribution in [0, 0.1) is 5.82 Å². The van der Waals surface area contributed by atoms with Crippen LogP contribution in [0.25, 0.3) is 5.69 Å². The summed E-state index contributed by atoms with van der Waals surface area (Å²) in [7, 11) is 0. The van der Waals surface area contributed by atoms with Crippen molar-refractivity contribution in [2.75, 3.05) is 5.32 Å². The Morgan fingerprint density at radius 1 is 1.22 bits per heavy atom. The number of carbonyl (C=O) groups is 1. The highest BCUT2D eigenvalue weighted by atomic mass is 35.5. The van der Waals surface area contributed by atoms with E-state index in [0.717, 1.165) is 23.4 Å². The summed E-state index contributed by atoms with van der Waals surface area (Å²) in [6, 6.07) is 16.0. The topological polar surface area (TPSA) is 37.3 Å². The average molecular weight is 384 g/mol. The Balaban J connectivity index is 1.71. The first kappa shape index (κ1) is 17.6. The fourth-order valence-electron chi connectivity index (χ4n) is 3.63. The van der Waals surface area contributed by atoms with Gasteiger partial charge in [0.1, 0.15) is 5.82 Å². The van der Waals surface area contributed by atoms with Crippen molar-refractivity contribution in [1.82, 2.24) is 9.47 Å². The lowest BCUT2D eigenvalue weighted by molar-refractivity contribution is 0.181. The van der Waals surface area contributed by atoms with Crippen molar-refractivity contribution < 1.29 is 9.18 Å². The molecule has 1 atom stereocenters. The summed E-state index contributed by atoms with van der Waals surface area (Å²) in [5.74, 6) is -0.511. The standard InChI is InChI=1S/C21H19ClFN3O/c1-2-18-20-8-5-11-25(20)19-7-4-3-6-14(19)13-26(18)21(27)24-15-9-10-17(23)16(22)12-15/h3-12,18H,2,13H2,1H3,(H,24,27)/t18-/m1/s1. The van der Waals surface area contributed by atoms with Crippen molar-refractivity contribution in [2.45, 2.75) is 25.9 Å². The molecule has 2 aromatic carbocycles. The lowest BCUT2D eigenvalue weighted by Crippen LogP contribution is -2.37. The maximum Gasteiger partial charge on any atom is 0.322 e. The van der Waals surface area contributed by atoms with Crippen LogP contribution in [0.1, 0.15) is 30.6 Å². The summed E-state index contributed by atoms with van der Waals surface area (Å²) in [4.78, 5) is 14.9. The first-order valence-electron chi connectivity index (χ1n) is 8.86. The third-order valence-corrected chi connectivity index (χ3v) is 5.20. The number of hydrogen-bond acceptors (Lipinski definition) is 1. The molecule has 1 N–H and O–H groups in total. The molecule has 0 bridgehead atoms. The van der Waals surface area contributed by atoms with Crippen molar-refractivity contribution in [1.29, 1.82) is 0 Å². The molecule has 27 heavy (non-hydrogen) atoms. The van der Waals surface area contributed by atoms with E-state index in [4.69, 9.17) is 11.6 Å². The van der Waals surface area contributed by atoms with Crippen LogP contribution >= 0.6 is 11.6 Å². The van der Waals surface area contributed by atoms with Crippen LogP contribution < -0.4 is 5.32 Å². The minimum Gasteiger partial charge on any atom is -0.318 e. The molecule has 0 unspecified atom stereocenters. The molecule has 0 saturated heterocycles. The SMILES string of the molecule is CC[C@@H]1c2cccn2-c2ccccc2CN1C(=O)Nc1ccc(F)c(Cl)c1. The number of anilines is 1. The Labute approximate surface area is 162 Å². The minimum absolute atomic E-state index is 0.0186. The summed E-state index contributed by atoms with van der Waals surface area (Å²) in [6.45, 7) is 2.55. The molecule has 0 saturated carbocycles. The number of benzene rings is 2. The number of hydrogen-bond donors (Lipinski definition) is 1. The van der Waals surface area contributed by atoms with Gasteiger partial charge in [-0.3, -0.25) is 0 Å². The highest BCUT2D eigenvalue weighted by Crippen LogP contribution is 2.34. The Bertz CT molecular complexity index is 1000. The molecule has 0 radical (unpaired) electrons. The molecule has 0 spiro atoms. The van der Waals surface area contributed by atoms with Crippen molar-refractivity contribution in [3.8, 4) is 5.69 Å². The molecule has 6 heteroatoms. The smallest absolute Gasteiger partial charge is 0.318 e. The predicted molar refractivity (Wildman–Crippen MR) is 105 cm³/mol. The summed E-state index contributed by atoms with van der Waals surface area (Å²) in [6.07, 6.45) is 2.80. The van der Waals surface area contributed by atoms with Gasteiger partial charge in [0.15, 0.2) is 0 Å². The maximum atomic E-state index is 13.4. The summed E-state index contributed by atoms with van der Waals surface area (Å²) < 4.78 is 15.5. The van der Waals surface area contributed by atoms with Gasteiger partial charge in [0.25, 0.3) is 0 Å². The first-order chi connectivity index (χ1) is 13.1. The van der Waals surface area contributed by atoms with Gasteiger partial charge in [-0.25, -0.2) is 9.18 Å². The van der Waals surface area contributed by atoms with Crippen molar-refractivity contribution >= 4 is 23.3 Å². The second-order valence-electron chi connectivity index (χ2n) is 6.54. The van der Waals surface area contributed by atoms with Crippen LogP contribution in [0.15, 0.2) is 60.8 Å². The van der Waals surface area contributed by atoms with Gasteiger partial charge in [0, 0.05) is 17.6 Å². The quantitative estimate of drug-likeness (QED) is 0.599. The van der Waals surface area contributed by atoms with E-state index in [0.29, 0.717) is 12.2 Å². The van der Waals surface area contributed by atoms with Gasteiger partial charge < -0.3 is 14.8 Å². The Hall–Kier alpha value is -2.79. The zero-order chi connectivity index (χ0) is 19.0. The molecule has 1 aliphatic heterocycles. The van der Waals surface area contributed by atoms with Crippen LogP contribution in [-0.4, -0.2) is 15.5 Å². The van der Waals surface area contributed by atoms with Crippen LogP contribution in [0.3, 0.4) is 0 Å². The number of nitrogens with zero attached hydrogens (tertiary/aromatic N) is 2. The predicted octanol–water partition coefficient (Wildman–Crippen LogP) is 5.77. The minimum atomic E-state index is -0.511. The highest BCUT2D eigenvalue weighted by Gasteiger charge is 2.30.